The van der Waals surface area contributed by atoms with E-state index in [9.17, 15) is 9.59 Å². The zero-order valence-corrected chi connectivity index (χ0v) is 20.6. The van der Waals surface area contributed by atoms with Gasteiger partial charge in [-0.2, -0.15) is 0 Å². The van der Waals surface area contributed by atoms with Gasteiger partial charge in [0.1, 0.15) is 11.5 Å². The van der Waals surface area contributed by atoms with E-state index in [0.29, 0.717) is 0 Å². The van der Waals surface area contributed by atoms with Gasteiger partial charge in [-0.15, -0.1) is 0 Å². The van der Waals surface area contributed by atoms with Crippen LogP contribution >= 0.6 is 0 Å². The standard InChI is InChI=1S/C24H38O3Si2/c1-5-17-28(25,18-6-2)23-13-9-21(10-14-23)27-22-11-15-24(16-12-22)29(26,19-7-3)20-8-4/h9-16,25-26H,5-8,17-20H2,1-4H3. The first kappa shape index (κ1) is 23.9. The normalized spacial score (nSPS) is 12.2. The minimum absolute atomic E-state index is 0.778. The molecule has 2 N–H and O–H groups in total. The Morgan fingerprint density at radius 3 is 1.07 bits per heavy atom. The quantitative estimate of drug-likeness (QED) is 0.443. The summed E-state index contributed by atoms with van der Waals surface area (Å²) in [5.74, 6) is 1.56. The van der Waals surface area contributed by atoms with Crippen LogP contribution in [0.1, 0.15) is 53.4 Å². The van der Waals surface area contributed by atoms with E-state index in [0.717, 1.165) is 71.7 Å². The Kier molecular flexibility index (Phi) is 9.15. The minimum atomic E-state index is -2.36. The third kappa shape index (κ3) is 6.28. The molecule has 2 aromatic rings. The molecule has 0 aliphatic carbocycles. The Morgan fingerprint density at radius 1 is 0.552 bits per heavy atom. The molecule has 0 radical (unpaired) electrons. The molecule has 0 saturated carbocycles. The fraction of sp³-hybridized carbons (Fsp3) is 0.500. The third-order valence-electron chi connectivity index (χ3n) is 5.67. The van der Waals surface area contributed by atoms with Crippen molar-refractivity contribution >= 4 is 27.0 Å². The molecule has 0 unspecified atom stereocenters. The molecule has 0 amide bonds. The van der Waals surface area contributed by atoms with Crippen LogP contribution in [-0.2, 0) is 0 Å². The molecule has 5 heteroatoms. The van der Waals surface area contributed by atoms with E-state index < -0.39 is 16.6 Å². The average Bonchev–Trinajstić information content (AvgIpc) is 2.70. The van der Waals surface area contributed by atoms with E-state index in [1.54, 1.807) is 0 Å². The van der Waals surface area contributed by atoms with Crippen LogP contribution in [0, 0.1) is 0 Å². The lowest BCUT2D eigenvalue weighted by Crippen LogP contribution is -2.47. The maximum absolute atomic E-state index is 11.1. The molecule has 0 aliphatic rings. The summed E-state index contributed by atoms with van der Waals surface area (Å²) in [5.41, 5.74) is 0. The monoisotopic (exact) mass is 430 g/mol. The van der Waals surface area contributed by atoms with Gasteiger partial charge < -0.3 is 14.3 Å². The van der Waals surface area contributed by atoms with Gasteiger partial charge in [0, 0.05) is 0 Å². The van der Waals surface area contributed by atoms with Crippen molar-refractivity contribution < 1.29 is 14.3 Å². The van der Waals surface area contributed by atoms with Crippen LogP contribution in [0.15, 0.2) is 48.5 Å². The van der Waals surface area contributed by atoms with Crippen LogP contribution in [0.5, 0.6) is 11.5 Å². The maximum Gasteiger partial charge on any atom is 0.220 e. The lowest BCUT2D eigenvalue weighted by Gasteiger charge is -2.25. The SMILES string of the molecule is CCC[Si](O)(CCC)c1ccc(Oc2ccc([Si](O)(CCC)CCC)cc2)cc1. The van der Waals surface area contributed by atoms with Gasteiger partial charge in [-0.3, -0.25) is 0 Å². The number of hydrogen-bond donors (Lipinski definition) is 2. The summed E-state index contributed by atoms with van der Waals surface area (Å²) in [4.78, 5) is 22.3. The lowest BCUT2D eigenvalue weighted by atomic mass is 10.3. The molecular formula is C24H38O3Si2. The largest absolute Gasteiger partial charge is 0.457 e. The van der Waals surface area contributed by atoms with Crippen LogP contribution in [-0.4, -0.2) is 26.2 Å². The molecule has 2 rings (SSSR count). The molecule has 0 saturated heterocycles. The summed E-state index contributed by atoms with van der Waals surface area (Å²) < 4.78 is 6.02. The van der Waals surface area contributed by atoms with Gasteiger partial charge in [0.15, 0.2) is 0 Å². The zero-order valence-electron chi connectivity index (χ0n) is 18.6. The summed E-state index contributed by atoms with van der Waals surface area (Å²) in [7, 11) is -4.73. The maximum atomic E-state index is 11.1. The second-order valence-electron chi connectivity index (χ2n) is 8.21. The Balaban J connectivity index is 2.12. The first-order chi connectivity index (χ1) is 13.9. The van der Waals surface area contributed by atoms with E-state index in [2.05, 4.69) is 27.7 Å². The summed E-state index contributed by atoms with van der Waals surface area (Å²) in [5, 5.41) is 2.19. The van der Waals surface area contributed by atoms with Crippen LogP contribution in [0.25, 0.3) is 0 Å². The van der Waals surface area contributed by atoms with Gasteiger partial charge in [0.05, 0.1) is 0 Å². The molecule has 0 aliphatic heterocycles. The van der Waals surface area contributed by atoms with Gasteiger partial charge in [0.2, 0.25) is 16.6 Å². The van der Waals surface area contributed by atoms with Crippen molar-refractivity contribution in [2.45, 2.75) is 77.6 Å². The average molecular weight is 431 g/mol. The molecule has 160 valence electrons. The second-order valence-corrected chi connectivity index (χ2v) is 15.5. The Bertz CT molecular complexity index is 653. The molecule has 0 spiro atoms. The minimum Gasteiger partial charge on any atom is -0.457 e. The van der Waals surface area contributed by atoms with Crippen molar-refractivity contribution in [3.8, 4) is 11.5 Å². The smallest absolute Gasteiger partial charge is 0.220 e. The van der Waals surface area contributed by atoms with E-state index in [1.807, 2.05) is 48.5 Å². The van der Waals surface area contributed by atoms with Gasteiger partial charge in [-0.25, -0.2) is 0 Å². The van der Waals surface area contributed by atoms with E-state index in [4.69, 9.17) is 4.74 Å². The molecule has 3 nitrogen and oxygen atoms in total. The molecule has 29 heavy (non-hydrogen) atoms. The van der Waals surface area contributed by atoms with E-state index in [1.165, 1.54) is 0 Å². The van der Waals surface area contributed by atoms with Crippen LogP contribution in [0.3, 0.4) is 0 Å². The first-order valence-corrected chi connectivity index (χ1v) is 16.0. The molecular weight excluding hydrogens is 392 g/mol. The number of rotatable bonds is 12. The van der Waals surface area contributed by atoms with Gasteiger partial charge in [-0.05, 0) is 58.8 Å². The van der Waals surface area contributed by atoms with Crippen molar-refractivity contribution in [1.82, 2.24) is 0 Å². The lowest BCUT2D eigenvalue weighted by molar-refractivity contribution is 0.482. The van der Waals surface area contributed by atoms with Gasteiger partial charge >= 0.3 is 0 Å². The first-order valence-electron chi connectivity index (χ1n) is 11.2. The Hall–Kier alpha value is -1.41. The van der Waals surface area contributed by atoms with Gasteiger partial charge in [-0.1, -0.05) is 77.6 Å². The van der Waals surface area contributed by atoms with Crippen molar-refractivity contribution in [2.24, 2.45) is 0 Å². The van der Waals surface area contributed by atoms with Crippen LogP contribution in [0.4, 0.5) is 0 Å². The highest BCUT2D eigenvalue weighted by atomic mass is 28.4. The number of hydrogen-bond acceptors (Lipinski definition) is 3. The van der Waals surface area contributed by atoms with E-state index in [-0.39, 0.29) is 0 Å². The van der Waals surface area contributed by atoms with Crippen LogP contribution in [0.2, 0.25) is 24.2 Å². The summed E-state index contributed by atoms with van der Waals surface area (Å²) >= 11 is 0. The topological polar surface area (TPSA) is 49.7 Å². The fourth-order valence-corrected chi connectivity index (χ4v) is 10.8. The molecule has 0 atom stereocenters. The molecule has 0 bridgehead atoms. The molecule has 0 fully saturated rings. The molecule has 0 aromatic heterocycles. The van der Waals surface area contributed by atoms with E-state index >= 15 is 0 Å². The third-order valence-corrected chi connectivity index (χ3v) is 13.8. The molecule has 2 aromatic carbocycles. The Morgan fingerprint density at radius 2 is 0.828 bits per heavy atom. The number of benzene rings is 2. The molecule has 0 heterocycles. The predicted molar refractivity (Wildman–Crippen MR) is 129 cm³/mol. The summed E-state index contributed by atoms with van der Waals surface area (Å²) in [6.07, 6.45) is 4.05. The highest BCUT2D eigenvalue weighted by Gasteiger charge is 2.32. The van der Waals surface area contributed by atoms with Crippen molar-refractivity contribution in [2.75, 3.05) is 0 Å². The number of ether oxygens (including phenoxy) is 1. The summed E-state index contributed by atoms with van der Waals surface area (Å²) in [6, 6.07) is 19.6. The second kappa shape index (κ2) is 11.1. The van der Waals surface area contributed by atoms with Gasteiger partial charge in [0.25, 0.3) is 0 Å². The highest BCUT2D eigenvalue weighted by molar-refractivity contribution is 6.85. The van der Waals surface area contributed by atoms with Crippen molar-refractivity contribution in [3.05, 3.63) is 48.5 Å². The predicted octanol–water partition coefficient (Wildman–Crippen LogP) is 5.41. The van der Waals surface area contributed by atoms with Crippen LogP contribution < -0.4 is 15.1 Å². The Labute approximate surface area is 179 Å². The van der Waals surface area contributed by atoms with Crippen molar-refractivity contribution in [3.63, 3.8) is 0 Å². The highest BCUT2D eigenvalue weighted by Crippen LogP contribution is 2.24. The zero-order chi connectivity index (χ0) is 21.3. The fourth-order valence-electron chi connectivity index (χ4n) is 4.28. The van der Waals surface area contributed by atoms with Crippen molar-refractivity contribution in [1.29, 1.82) is 0 Å². The summed E-state index contributed by atoms with van der Waals surface area (Å²) in [6.45, 7) is 8.55.